The zero-order valence-corrected chi connectivity index (χ0v) is 7.50. The van der Waals surface area contributed by atoms with E-state index < -0.39 is 0 Å². The van der Waals surface area contributed by atoms with Crippen molar-refractivity contribution < 1.29 is 9.59 Å². The van der Waals surface area contributed by atoms with Gasteiger partial charge in [-0.05, 0) is 13.0 Å². The molecule has 0 saturated heterocycles. The van der Waals surface area contributed by atoms with Crippen LogP contribution in [0.25, 0.3) is 0 Å². The first-order valence-electron chi connectivity index (χ1n) is 3.57. The van der Waals surface area contributed by atoms with E-state index in [0.29, 0.717) is 6.41 Å². The first-order valence-corrected chi connectivity index (χ1v) is 3.57. The van der Waals surface area contributed by atoms with E-state index in [-0.39, 0.29) is 5.91 Å². The average Bonchev–Trinajstić information content (AvgIpc) is 2.07. The van der Waals surface area contributed by atoms with Crippen molar-refractivity contribution in [1.82, 2.24) is 4.90 Å². The molecule has 0 aromatic heterocycles. The highest BCUT2D eigenvalue weighted by atomic mass is 16.2. The lowest BCUT2D eigenvalue weighted by molar-refractivity contribution is -0.132. The van der Waals surface area contributed by atoms with Gasteiger partial charge in [0.1, 0.15) is 0 Å². The summed E-state index contributed by atoms with van der Waals surface area (Å²) < 4.78 is 0. The topological polar surface area (TPSA) is 37.4 Å². The smallest absolute Gasteiger partial charge is 0.252 e. The number of nitrogens with zero attached hydrogens (tertiary/aromatic N) is 1. The molecule has 0 aromatic rings. The zero-order chi connectivity index (χ0) is 9.28. The van der Waals surface area contributed by atoms with Gasteiger partial charge in [-0.1, -0.05) is 19.9 Å². The number of rotatable bonds is 2. The molecule has 0 fully saturated rings. The van der Waals surface area contributed by atoms with Gasteiger partial charge in [0.25, 0.3) is 5.91 Å². The normalized spacial score (nSPS) is 8.36. The predicted octanol–water partition coefficient (Wildman–Crippen LogP) is 1.20. The molecule has 0 spiro atoms. The fourth-order valence-electron chi connectivity index (χ4n) is 0.312. The second kappa shape index (κ2) is 8.88. The van der Waals surface area contributed by atoms with Gasteiger partial charge >= 0.3 is 0 Å². The largest absolute Gasteiger partial charge is 0.285 e. The first kappa shape index (κ1) is 12.5. The number of carbonyl (C=O) groups is 2. The molecule has 0 saturated carbocycles. The number of hydrogen-bond acceptors (Lipinski definition) is 2. The van der Waals surface area contributed by atoms with Gasteiger partial charge in [-0.2, -0.15) is 0 Å². The van der Waals surface area contributed by atoms with Crippen LogP contribution in [0.1, 0.15) is 20.8 Å². The van der Waals surface area contributed by atoms with E-state index in [1.54, 1.807) is 13.0 Å². The van der Waals surface area contributed by atoms with Gasteiger partial charge in [-0.15, -0.1) is 0 Å². The highest BCUT2D eigenvalue weighted by Gasteiger charge is 1.98. The van der Waals surface area contributed by atoms with E-state index in [9.17, 15) is 9.59 Å². The quantitative estimate of drug-likeness (QED) is 0.446. The van der Waals surface area contributed by atoms with Gasteiger partial charge in [0.2, 0.25) is 6.41 Å². The molecule has 0 unspecified atom stereocenters. The molecule has 0 aliphatic carbocycles. The Morgan fingerprint density at radius 3 is 2.09 bits per heavy atom. The Labute approximate surface area is 67.7 Å². The molecule has 0 rings (SSSR count). The maximum absolute atomic E-state index is 10.6. The molecule has 2 amide bonds. The Balaban J connectivity index is 0. The molecule has 0 radical (unpaired) electrons. The van der Waals surface area contributed by atoms with Gasteiger partial charge in [-0.25, -0.2) is 0 Å². The minimum Gasteiger partial charge on any atom is -0.285 e. The average molecular weight is 157 g/mol. The minimum absolute atomic E-state index is 0.299. The summed E-state index contributed by atoms with van der Waals surface area (Å²) in [7, 11) is 1.41. The van der Waals surface area contributed by atoms with E-state index in [0.717, 1.165) is 4.90 Å². The lowest BCUT2D eigenvalue weighted by Gasteiger charge is -2.01. The molecule has 0 N–H and O–H groups in total. The second-order valence-electron chi connectivity index (χ2n) is 1.55. The number of amides is 2. The number of allylic oxidation sites excluding steroid dienone is 1. The van der Waals surface area contributed by atoms with Crippen LogP contribution in [-0.2, 0) is 9.59 Å². The summed E-state index contributed by atoms with van der Waals surface area (Å²) in [5.74, 6) is -0.299. The Kier molecular flexibility index (Phi) is 10.1. The number of likely N-dealkylation sites (N-methyl/N-ethyl adjacent to an activating group) is 1. The Morgan fingerprint density at radius 2 is 1.82 bits per heavy atom. The Hall–Kier alpha value is -1.12. The molecule has 0 aliphatic heterocycles. The molecule has 64 valence electrons. The number of imide groups is 1. The van der Waals surface area contributed by atoms with E-state index >= 15 is 0 Å². The third kappa shape index (κ3) is 6.77. The summed E-state index contributed by atoms with van der Waals surface area (Å²) in [5, 5.41) is 0. The van der Waals surface area contributed by atoms with Crippen molar-refractivity contribution in [3.8, 4) is 0 Å². The van der Waals surface area contributed by atoms with Crippen LogP contribution in [0.15, 0.2) is 12.2 Å². The van der Waals surface area contributed by atoms with Crippen molar-refractivity contribution in [1.29, 1.82) is 0 Å². The van der Waals surface area contributed by atoms with Crippen molar-refractivity contribution in [2.24, 2.45) is 0 Å². The third-order valence-electron chi connectivity index (χ3n) is 0.815. The van der Waals surface area contributed by atoms with Crippen LogP contribution < -0.4 is 0 Å². The van der Waals surface area contributed by atoms with Crippen molar-refractivity contribution in [2.75, 3.05) is 7.05 Å². The SMILES string of the molecule is C/C=C\C(=O)N(C)C=O.CC. The first-order chi connectivity index (χ1) is 5.22. The van der Waals surface area contributed by atoms with Crippen molar-refractivity contribution in [3.05, 3.63) is 12.2 Å². The maximum Gasteiger partial charge on any atom is 0.252 e. The van der Waals surface area contributed by atoms with Crippen LogP contribution in [-0.4, -0.2) is 24.3 Å². The number of hydrogen-bond donors (Lipinski definition) is 0. The predicted molar refractivity (Wildman–Crippen MR) is 45.0 cm³/mol. The molecule has 0 heterocycles. The molecular weight excluding hydrogens is 142 g/mol. The van der Waals surface area contributed by atoms with Crippen LogP contribution in [0.3, 0.4) is 0 Å². The highest BCUT2D eigenvalue weighted by molar-refractivity contribution is 5.94. The van der Waals surface area contributed by atoms with E-state index in [1.165, 1.54) is 13.1 Å². The van der Waals surface area contributed by atoms with Gasteiger partial charge in [0, 0.05) is 7.05 Å². The highest BCUT2D eigenvalue weighted by Crippen LogP contribution is 1.80. The number of carbonyl (C=O) groups excluding carboxylic acids is 2. The molecule has 0 atom stereocenters. The molecule has 0 aromatic carbocycles. The Morgan fingerprint density at radius 1 is 1.36 bits per heavy atom. The lowest BCUT2D eigenvalue weighted by atomic mass is 10.5. The monoisotopic (exact) mass is 157 g/mol. The van der Waals surface area contributed by atoms with Gasteiger partial charge < -0.3 is 0 Å². The van der Waals surface area contributed by atoms with Gasteiger partial charge in [-0.3, -0.25) is 14.5 Å². The van der Waals surface area contributed by atoms with Crippen LogP contribution in [0.5, 0.6) is 0 Å². The molecule has 3 nitrogen and oxygen atoms in total. The second-order valence-corrected chi connectivity index (χ2v) is 1.55. The minimum atomic E-state index is -0.299. The zero-order valence-electron chi connectivity index (χ0n) is 7.50. The van der Waals surface area contributed by atoms with Crippen LogP contribution in [0.4, 0.5) is 0 Å². The molecule has 11 heavy (non-hydrogen) atoms. The lowest BCUT2D eigenvalue weighted by Crippen LogP contribution is -2.22. The molecule has 3 heteroatoms. The summed E-state index contributed by atoms with van der Waals surface area (Å²) in [6.07, 6.45) is 3.39. The van der Waals surface area contributed by atoms with Crippen molar-refractivity contribution >= 4 is 12.3 Å². The Bertz CT molecular complexity index is 141. The van der Waals surface area contributed by atoms with Crippen molar-refractivity contribution in [2.45, 2.75) is 20.8 Å². The molecule has 0 aliphatic rings. The van der Waals surface area contributed by atoms with E-state index in [4.69, 9.17) is 0 Å². The maximum atomic E-state index is 10.6. The third-order valence-corrected chi connectivity index (χ3v) is 0.815. The van der Waals surface area contributed by atoms with Crippen molar-refractivity contribution in [3.63, 3.8) is 0 Å². The summed E-state index contributed by atoms with van der Waals surface area (Å²) in [4.78, 5) is 21.4. The fourth-order valence-corrected chi connectivity index (χ4v) is 0.312. The van der Waals surface area contributed by atoms with Crippen LogP contribution in [0.2, 0.25) is 0 Å². The molecule has 0 bridgehead atoms. The van der Waals surface area contributed by atoms with Gasteiger partial charge in [0.15, 0.2) is 0 Å². The van der Waals surface area contributed by atoms with Crippen LogP contribution >= 0.6 is 0 Å². The summed E-state index contributed by atoms with van der Waals surface area (Å²) in [6, 6.07) is 0. The summed E-state index contributed by atoms with van der Waals surface area (Å²) in [5.41, 5.74) is 0. The molecular formula is C8H15NO2. The summed E-state index contributed by atoms with van der Waals surface area (Å²) >= 11 is 0. The van der Waals surface area contributed by atoms with E-state index in [2.05, 4.69) is 0 Å². The van der Waals surface area contributed by atoms with E-state index in [1.807, 2.05) is 13.8 Å². The summed E-state index contributed by atoms with van der Waals surface area (Å²) in [6.45, 7) is 5.72. The van der Waals surface area contributed by atoms with Crippen LogP contribution in [0, 0.1) is 0 Å². The standard InChI is InChI=1S/C6H9NO2.C2H6/c1-3-4-6(9)7(2)5-8;1-2/h3-5H,1-2H3;1-2H3/b4-3-;. The fraction of sp³-hybridized carbons (Fsp3) is 0.500. The van der Waals surface area contributed by atoms with Gasteiger partial charge in [0.05, 0.1) is 0 Å².